The zero-order valence-electron chi connectivity index (χ0n) is 9.37. The monoisotopic (exact) mass is 226 g/mol. The van der Waals surface area contributed by atoms with Crippen LogP contribution in [0.4, 0.5) is 4.39 Å². The van der Waals surface area contributed by atoms with Gasteiger partial charge in [-0.3, -0.25) is 0 Å². The lowest BCUT2D eigenvalue weighted by atomic mass is 10.0. The summed E-state index contributed by atoms with van der Waals surface area (Å²) in [5.74, 6) is 1.20. The summed E-state index contributed by atoms with van der Waals surface area (Å²) in [6, 6.07) is 3.38. The van der Waals surface area contributed by atoms with E-state index in [9.17, 15) is 9.50 Å². The van der Waals surface area contributed by atoms with E-state index in [0.717, 1.165) is 5.56 Å². The molecule has 16 heavy (non-hydrogen) atoms. The summed E-state index contributed by atoms with van der Waals surface area (Å²) in [4.78, 5) is 0. The summed E-state index contributed by atoms with van der Waals surface area (Å²) in [6.45, 7) is 3.32. The molecule has 2 atom stereocenters. The number of aliphatic hydroxyl groups is 1. The third-order valence-electron chi connectivity index (χ3n) is 2.55. The minimum atomic E-state index is -1.05. The fourth-order valence-corrected chi connectivity index (χ4v) is 1.81. The van der Waals surface area contributed by atoms with Crippen LogP contribution in [0.5, 0.6) is 11.5 Å². The molecule has 0 fully saturated rings. The highest BCUT2D eigenvalue weighted by molar-refractivity contribution is 5.51. The zero-order valence-corrected chi connectivity index (χ0v) is 9.37. The van der Waals surface area contributed by atoms with Crippen molar-refractivity contribution in [1.82, 2.24) is 0 Å². The van der Waals surface area contributed by atoms with Gasteiger partial charge in [0, 0.05) is 12.0 Å². The number of hydrogen-bond acceptors (Lipinski definition) is 3. The van der Waals surface area contributed by atoms with Gasteiger partial charge in [0.2, 0.25) is 6.79 Å². The largest absolute Gasteiger partial charge is 0.454 e. The molecule has 0 aliphatic carbocycles. The third kappa shape index (κ3) is 2.11. The number of rotatable bonds is 3. The highest BCUT2D eigenvalue weighted by Crippen LogP contribution is 2.39. The van der Waals surface area contributed by atoms with Gasteiger partial charge in [-0.05, 0) is 31.5 Å². The van der Waals surface area contributed by atoms with Crippen LogP contribution in [0.2, 0.25) is 0 Å². The zero-order chi connectivity index (χ0) is 11.7. The molecule has 0 amide bonds. The van der Waals surface area contributed by atoms with Gasteiger partial charge in [0.05, 0.1) is 6.10 Å². The minimum Gasteiger partial charge on any atom is -0.454 e. The van der Waals surface area contributed by atoms with Crippen LogP contribution in [-0.2, 0) is 6.42 Å². The predicted octanol–water partition coefficient (Wildman–Crippen LogP) is 2.37. The fourth-order valence-electron chi connectivity index (χ4n) is 1.81. The molecule has 4 heteroatoms. The van der Waals surface area contributed by atoms with Crippen LogP contribution >= 0.6 is 0 Å². The SMILES string of the molecule is CC(O)Cc1cc(C(C)F)cc2c1OCO2. The van der Waals surface area contributed by atoms with Gasteiger partial charge in [-0.2, -0.15) is 0 Å². The van der Waals surface area contributed by atoms with Crippen molar-refractivity contribution >= 4 is 0 Å². The second-order valence-electron chi connectivity index (χ2n) is 4.08. The van der Waals surface area contributed by atoms with Crippen molar-refractivity contribution in [2.75, 3.05) is 6.79 Å². The second kappa shape index (κ2) is 4.29. The Kier molecular flexibility index (Phi) is 3.01. The molecule has 88 valence electrons. The first-order valence-corrected chi connectivity index (χ1v) is 5.32. The lowest BCUT2D eigenvalue weighted by Gasteiger charge is -2.11. The van der Waals surface area contributed by atoms with Crippen molar-refractivity contribution in [3.05, 3.63) is 23.3 Å². The molecule has 0 spiro atoms. The van der Waals surface area contributed by atoms with E-state index in [1.165, 1.54) is 6.92 Å². The number of hydrogen-bond donors (Lipinski definition) is 1. The average Bonchev–Trinajstić information content (AvgIpc) is 2.64. The summed E-state index contributed by atoms with van der Waals surface area (Å²) >= 11 is 0. The van der Waals surface area contributed by atoms with Crippen LogP contribution in [0.1, 0.15) is 31.1 Å². The molecule has 0 aromatic heterocycles. The number of fused-ring (bicyclic) bond motifs is 1. The fraction of sp³-hybridized carbons (Fsp3) is 0.500. The van der Waals surface area contributed by atoms with E-state index in [0.29, 0.717) is 23.5 Å². The Labute approximate surface area is 93.8 Å². The smallest absolute Gasteiger partial charge is 0.231 e. The molecule has 1 aliphatic heterocycles. The van der Waals surface area contributed by atoms with Gasteiger partial charge in [-0.25, -0.2) is 4.39 Å². The predicted molar refractivity (Wildman–Crippen MR) is 57.5 cm³/mol. The summed E-state index contributed by atoms with van der Waals surface area (Å²) in [5.41, 5.74) is 1.35. The Hall–Kier alpha value is -1.29. The number of halogens is 1. The third-order valence-corrected chi connectivity index (χ3v) is 2.55. The molecular weight excluding hydrogens is 211 g/mol. The molecule has 2 rings (SSSR count). The van der Waals surface area contributed by atoms with E-state index in [2.05, 4.69) is 0 Å². The van der Waals surface area contributed by atoms with Crippen LogP contribution in [0, 0.1) is 0 Å². The molecule has 0 bridgehead atoms. The first-order chi connectivity index (χ1) is 7.58. The maximum Gasteiger partial charge on any atom is 0.231 e. The van der Waals surface area contributed by atoms with Gasteiger partial charge in [-0.15, -0.1) is 0 Å². The average molecular weight is 226 g/mol. The van der Waals surface area contributed by atoms with Crippen molar-refractivity contribution in [3.63, 3.8) is 0 Å². The van der Waals surface area contributed by atoms with Gasteiger partial charge in [0.25, 0.3) is 0 Å². The second-order valence-corrected chi connectivity index (χ2v) is 4.08. The van der Waals surface area contributed by atoms with Gasteiger partial charge >= 0.3 is 0 Å². The molecule has 1 aromatic rings. The summed E-state index contributed by atoms with van der Waals surface area (Å²) in [5, 5.41) is 9.38. The van der Waals surface area contributed by atoms with Crippen molar-refractivity contribution in [2.45, 2.75) is 32.5 Å². The molecule has 2 unspecified atom stereocenters. The summed E-state index contributed by atoms with van der Waals surface area (Å²) in [7, 11) is 0. The van der Waals surface area contributed by atoms with Crippen LogP contribution in [0.25, 0.3) is 0 Å². The maximum absolute atomic E-state index is 13.3. The lowest BCUT2D eigenvalue weighted by Crippen LogP contribution is -2.06. The van der Waals surface area contributed by atoms with Crippen LogP contribution < -0.4 is 9.47 Å². The molecule has 3 nitrogen and oxygen atoms in total. The van der Waals surface area contributed by atoms with E-state index in [-0.39, 0.29) is 6.79 Å². The van der Waals surface area contributed by atoms with E-state index >= 15 is 0 Å². The first-order valence-electron chi connectivity index (χ1n) is 5.32. The Morgan fingerprint density at radius 1 is 1.38 bits per heavy atom. The lowest BCUT2D eigenvalue weighted by molar-refractivity contribution is 0.170. The highest BCUT2D eigenvalue weighted by Gasteiger charge is 2.21. The molecule has 1 aliphatic rings. The number of alkyl halides is 1. The molecule has 0 saturated heterocycles. The van der Waals surface area contributed by atoms with E-state index < -0.39 is 12.3 Å². The van der Waals surface area contributed by atoms with Gasteiger partial charge < -0.3 is 14.6 Å². The van der Waals surface area contributed by atoms with Gasteiger partial charge in [-0.1, -0.05) is 0 Å². The maximum atomic E-state index is 13.3. The van der Waals surface area contributed by atoms with E-state index in [4.69, 9.17) is 9.47 Å². The van der Waals surface area contributed by atoms with Crippen molar-refractivity contribution in [2.24, 2.45) is 0 Å². The Morgan fingerprint density at radius 3 is 2.75 bits per heavy atom. The summed E-state index contributed by atoms with van der Waals surface area (Å²) in [6.07, 6.45) is -1.10. The van der Waals surface area contributed by atoms with Crippen molar-refractivity contribution < 1.29 is 19.0 Å². The Bertz CT molecular complexity index is 388. The normalized spacial score (nSPS) is 17.2. The quantitative estimate of drug-likeness (QED) is 0.859. The summed E-state index contributed by atoms with van der Waals surface area (Å²) < 4.78 is 23.8. The van der Waals surface area contributed by atoms with Gasteiger partial charge in [0.15, 0.2) is 11.5 Å². The van der Waals surface area contributed by atoms with E-state index in [1.54, 1.807) is 19.1 Å². The van der Waals surface area contributed by atoms with Crippen LogP contribution in [-0.4, -0.2) is 18.0 Å². The number of ether oxygens (including phenoxy) is 2. The first kappa shape index (κ1) is 11.2. The Morgan fingerprint density at radius 2 is 2.12 bits per heavy atom. The number of aliphatic hydroxyl groups excluding tert-OH is 1. The Balaban J connectivity index is 2.41. The van der Waals surface area contributed by atoms with Crippen molar-refractivity contribution in [3.8, 4) is 11.5 Å². The molecule has 1 aromatic carbocycles. The van der Waals surface area contributed by atoms with Gasteiger partial charge in [0.1, 0.15) is 6.17 Å². The highest BCUT2D eigenvalue weighted by atomic mass is 19.1. The molecule has 1 N–H and O–H groups in total. The van der Waals surface area contributed by atoms with E-state index in [1.807, 2.05) is 0 Å². The minimum absolute atomic E-state index is 0.159. The van der Waals surface area contributed by atoms with Crippen molar-refractivity contribution in [1.29, 1.82) is 0 Å². The molecule has 0 radical (unpaired) electrons. The molecule has 1 heterocycles. The van der Waals surface area contributed by atoms with Crippen LogP contribution in [0.15, 0.2) is 12.1 Å². The van der Waals surface area contributed by atoms with Crippen LogP contribution in [0.3, 0.4) is 0 Å². The molecular formula is C12H15FO3. The molecule has 0 saturated carbocycles. The standard InChI is InChI=1S/C12H15FO3/c1-7(14)3-10-4-9(8(2)13)5-11-12(10)16-6-15-11/h4-5,7-8,14H,3,6H2,1-2H3. The topological polar surface area (TPSA) is 38.7 Å². The number of benzene rings is 1.